The number of amidine groups is 1. The van der Waals surface area contributed by atoms with Gasteiger partial charge in [-0.1, -0.05) is 42.5 Å². The summed E-state index contributed by atoms with van der Waals surface area (Å²) in [5, 5.41) is 21.6. The number of ether oxygens (including phenoxy) is 1. The zero-order chi connectivity index (χ0) is 23.1. The summed E-state index contributed by atoms with van der Waals surface area (Å²) in [4.78, 5) is 11.1. The van der Waals surface area contributed by atoms with Crippen LogP contribution in [0.5, 0.6) is 5.75 Å². The molecule has 3 aromatic carbocycles. The van der Waals surface area contributed by atoms with E-state index in [0.717, 1.165) is 6.07 Å². The number of hydrogen-bond acceptors (Lipinski definition) is 7. The number of carboxylic acids is 1. The lowest BCUT2D eigenvalue weighted by Crippen LogP contribution is -2.04. The molecule has 0 aromatic heterocycles. The Balaban J connectivity index is 2.02. The van der Waals surface area contributed by atoms with Gasteiger partial charge in [0.05, 0.1) is 23.3 Å². The van der Waals surface area contributed by atoms with Gasteiger partial charge in [0.15, 0.2) is 0 Å². The first-order chi connectivity index (χ1) is 15.3. The standard InChI is InChI=1S/C21H18N4O6S/c1-31-19-12-11-15(32(28,29)30)13-18(19)23-25-20(14-7-3-2-4-8-14)24-22-17-10-6-5-9-16(17)21(26)27/h2-13,23H,1H3,(H,26,27)(H,28,29,30)/b24-22?,25-20-. The zero-order valence-corrected chi connectivity index (χ0v) is 17.5. The molecule has 3 aromatic rings. The van der Waals surface area contributed by atoms with Crippen molar-refractivity contribution < 1.29 is 27.6 Å². The molecule has 0 fully saturated rings. The normalized spacial score (nSPS) is 12.0. The second-order valence-corrected chi connectivity index (χ2v) is 7.69. The number of carboxylic acid groups (broad SMARTS) is 1. The number of nitrogens with zero attached hydrogens (tertiary/aromatic N) is 3. The molecule has 0 aliphatic carbocycles. The fraction of sp³-hybridized carbons (Fsp3) is 0.0476. The molecule has 0 bridgehead atoms. The molecule has 10 nitrogen and oxygen atoms in total. The quantitative estimate of drug-likeness (QED) is 0.159. The van der Waals surface area contributed by atoms with Crippen LogP contribution in [0, 0.1) is 0 Å². The molecule has 0 spiro atoms. The number of hydrazone groups is 1. The summed E-state index contributed by atoms with van der Waals surface area (Å²) in [5.74, 6) is -0.797. The Bertz CT molecular complexity index is 1290. The van der Waals surface area contributed by atoms with Crippen molar-refractivity contribution in [2.45, 2.75) is 4.90 Å². The lowest BCUT2D eigenvalue weighted by atomic mass is 10.2. The molecular weight excluding hydrogens is 436 g/mol. The summed E-state index contributed by atoms with van der Waals surface area (Å²) in [6.07, 6.45) is 0. The van der Waals surface area contributed by atoms with E-state index in [1.165, 1.54) is 31.4 Å². The highest BCUT2D eigenvalue weighted by Gasteiger charge is 2.14. The van der Waals surface area contributed by atoms with E-state index >= 15 is 0 Å². The monoisotopic (exact) mass is 454 g/mol. The summed E-state index contributed by atoms with van der Waals surface area (Å²) >= 11 is 0. The number of aromatic carboxylic acids is 1. The van der Waals surface area contributed by atoms with Crippen molar-refractivity contribution in [3.63, 3.8) is 0 Å². The third-order valence-corrected chi connectivity index (χ3v) is 5.02. The van der Waals surface area contributed by atoms with Gasteiger partial charge < -0.3 is 9.84 Å². The van der Waals surface area contributed by atoms with Crippen molar-refractivity contribution in [3.05, 3.63) is 83.9 Å². The first-order valence-corrected chi connectivity index (χ1v) is 10.5. The van der Waals surface area contributed by atoms with E-state index in [9.17, 15) is 22.9 Å². The number of nitrogens with one attached hydrogen (secondary N) is 1. The highest BCUT2D eigenvalue weighted by molar-refractivity contribution is 7.85. The van der Waals surface area contributed by atoms with Gasteiger partial charge in [-0.15, -0.1) is 10.2 Å². The maximum absolute atomic E-state index is 11.5. The van der Waals surface area contributed by atoms with Crippen molar-refractivity contribution >= 4 is 33.3 Å². The number of carbonyl (C=O) groups is 1. The van der Waals surface area contributed by atoms with Crippen LogP contribution in [0.3, 0.4) is 0 Å². The molecule has 32 heavy (non-hydrogen) atoms. The largest absolute Gasteiger partial charge is 0.495 e. The van der Waals surface area contributed by atoms with Gasteiger partial charge in [-0.25, -0.2) is 4.79 Å². The van der Waals surface area contributed by atoms with Crippen LogP contribution >= 0.6 is 0 Å². The van der Waals surface area contributed by atoms with E-state index in [1.54, 1.807) is 42.5 Å². The first kappa shape index (κ1) is 22.6. The Morgan fingerprint density at radius 3 is 2.34 bits per heavy atom. The molecule has 0 saturated heterocycles. The van der Waals surface area contributed by atoms with E-state index in [-0.39, 0.29) is 33.4 Å². The smallest absolute Gasteiger partial charge is 0.337 e. The van der Waals surface area contributed by atoms with Crippen LogP contribution in [-0.2, 0) is 10.1 Å². The summed E-state index contributed by atoms with van der Waals surface area (Å²) in [5.41, 5.74) is 3.48. The second-order valence-electron chi connectivity index (χ2n) is 6.27. The van der Waals surface area contributed by atoms with Crippen molar-refractivity contribution in [2.75, 3.05) is 12.5 Å². The van der Waals surface area contributed by atoms with Crippen LogP contribution in [0.25, 0.3) is 0 Å². The molecule has 0 unspecified atom stereocenters. The third kappa shape index (κ3) is 5.53. The Kier molecular flexibility index (Phi) is 6.93. The Morgan fingerprint density at radius 2 is 1.69 bits per heavy atom. The van der Waals surface area contributed by atoms with Gasteiger partial charge in [-0.05, 0) is 30.3 Å². The maximum atomic E-state index is 11.5. The van der Waals surface area contributed by atoms with Crippen molar-refractivity contribution in [1.82, 2.24) is 0 Å². The minimum absolute atomic E-state index is 0.0286. The molecule has 3 N–H and O–H groups in total. The van der Waals surface area contributed by atoms with Gasteiger partial charge in [0.25, 0.3) is 10.1 Å². The SMILES string of the molecule is COc1ccc(S(=O)(=O)O)cc1N/N=C(\N=Nc1ccccc1C(=O)O)c1ccccc1. The Hall–Kier alpha value is -4.09. The van der Waals surface area contributed by atoms with Crippen LogP contribution in [0.4, 0.5) is 11.4 Å². The van der Waals surface area contributed by atoms with Crippen LogP contribution in [-0.4, -0.2) is 37.0 Å². The highest BCUT2D eigenvalue weighted by atomic mass is 32.2. The zero-order valence-electron chi connectivity index (χ0n) is 16.7. The minimum Gasteiger partial charge on any atom is -0.495 e. The van der Waals surface area contributed by atoms with Gasteiger partial charge >= 0.3 is 5.97 Å². The van der Waals surface area contributed by atoms with Crippen molar-refractivity contribution in [3.8, 4) is 5.75 Å². The van der Waals surface area contributed by atoms with Gasteiger partial charge in [0.1, 0.15) is 11.4 Å². The summed E-state index contributed by atoms with van der Waals surface area (Å²) in [7, 11) is -3.05. The molecule has 0 saturated carbocycles. The molecule has 0 atom stereocenters. The maximum Gasteiger partial charge on any atom is 0.337 e. The fourth-order valence-corrected chi connectivity index (χ4v) is 3.13. The number of hydrogen-bond donors (Lipinski definition) is 3. The van der Waals surface area contributed by atoms with E-state index in [0.29, 0.717) is 5.56 Å². The Labute approximate surface area is 183 Å². The second kappa shape index (κ2) is 9.81. The van der Waals surface area contributed by atoms with Crippen LogP contribution < -0.4 is 10.2 Å². The van der Waals surface area contributed by atoms with Crippen molar-refractivity contribution in [1.29, 1.82) is 0 Å². The minimum atomic E-state index is -4.44. The average molecular weight is 454 g/mol. The Morgan fingerprint density at radius 1 is 1.00 bits per heavy atom. The summed E-state index contributed by atoms with van der Waals surface area (Å²) in [6, 6.07) is 18.5. The van der Waals surface area contributed by atoms with Crippen LogP contribution in [0.1, 0.15) is 15.9 Å². The van der Waals surface area contributed by atoms with Gasteiger partial charge in [-0.2, -0.15) is 13.5 Å². The molecule has 0 radical (unpaired) electrons. The van der Waals surface area contributed by atoms with E-state index < -0.39 is 16.1 Å². The predicted octanol–water partition coefficient (Wildman–Crippen LogP) is 4.20. The molecule has 0 aliphatic rings. The average Bonchev–Trinajstić information content (AvgIpc) is 2.79. The number of azo groups is 1. The van der Waals surface area contributed by atoms with Gasteiger partial charge in [0.2, 0.25) is 5.84 Å². The molecule has 11 heteroatoms. The lowest BCUT2D eigenvalue weighted by Gasteiger charge is -2.10. The van der Waals surface area contributed by atoms with E-state index in [1.807, 2.05) is 0 Å². The summed E-state index contributed by atoms with van der Waals surface area (Å²) in [6.45, 7) is 0. The van der Waals surface area contributed by atoms with Gasteiger partial charge in [0, 0.05) is 5.56 Å². The van der Waals surface area contributed by atoms with Crippen LogP contribution in [0.15, 0.2) is 93.0 Å². The van der Waals surface area contributed by atoms with Crippen LogP contribution in [0.2, 0.25) is 0 Å². The number of anilines is 1. The first-order valence-electron chi connectivity index (χ1n) is 9.08. The third-order valence-electron chi connectivity index (χ3n) is 4.17. The van der Waals surface area contributed by atoms with Crippen molar-refractivity contribution in [2.24, 2.45) is 15.3 Å². The number of rotatable bonds is 7. The predicted molar refractivity (Wildman–Crippen MR) is 117 cm³/mol. The number of methoxy groups -OCH3 is 1. The highest BCUT2D eigenvalue weighted by Crippen LogP contribution is 2.28. The lowest BCUT2D eigenvalue weighted by molar-refractivity contribution is 0.0697. The molecular formula is C21H18N4O6S. The number of benzene rings is 3. The van der Waals surface area contributed by atoms with E-state index in [4.69, 9.17) is 4.74 Å². The fourth-order valence-electron chi connectivity index (χ4n) is 2.62. The van der Waals surface area contributed by atoms with Gasteiger partial charge in [-0.3, -0.25) is 9.98 Å². The summed E-state index contributed by atoms with van der Waals surface area (Å²) < 4.78 is 37.4. The topological polar surface area (TPSA) is 150 Å². The molecule has 3 rings (SSSR count). The molecule has 0 amide bonds. The molecule has 0 heterocycles. The molecule has 0 aliphatic heterocycles. The van der Waals surface area contributed by atoms with E-state index in [2.05, 4.69) is 20.8 Å². The molecule has 164 valence electrons.